The Kier molecular flexibility index (Phi) is 9.94. The molecule has 2 aliphatic heterocycles. The Morgan fingerprint density at radius 3 is 2.40 bits per heavy atom. The lowest BCUT2D eigenvalue weighted by atomic mass is 9.94. The number of benzene rings is 2. The van der Waals surface area contributed by atoms with Crippen LogP contribution in [0.5, 0.6) is 5.75 Å². The van der Waals surface area contributed by atoms with Gasteiger partial charge in [0.1, 0.15) is 5.75 Å². The van der Waals surface area contributed by atoms with Crippen molar-refractivity contribution in [3.63, 3.8) is 0 Å². The van der Waals surface area contributed by atoms with Crippen LogP contribution in [-0.2, 0) is 14.3 Å². The number of carbonyl (C=O) groups excluding carboxylic acids is 2. The molecule has 2 aromatic rings. The topological polar surface area (TPSA) is 62.3 Å². The van der Waals surface area contributed by atoms with Gasteiger partial charge in [0.15, 0.2) is 6.10 Å². The van der Waals surface area contributed by atoms with Crippen LogP contribution < -0.4 is 9.64 Å². The van der Waals surface area contributed by atoms with E-state index in [0.717, 1.165) is 67.1 Å². The summed E-state index contributed by atoms with van der Waals surface area (Å²) in [6.45, 7) is 7.23. The van der Waals surface area contributed by atoms with Gasteiger partial charge in [-0.05, 0) is 61.7 Å². The van der Waals surface area contributed by atoms with Crippen LogP contribution in [0.2, 0.25) is 5.02 Å². The summed E-state index contributed by atoms with van der Waals surface area (Å²) in [5, 5.41) is 0.186. The molecule has 9 heteroatoms. The van der Waals surface area contributed by atoms with Crippen molar-refractivity contribution in [3.8, 4) is 5.75 Å². The number of piperazine rings is 1. The summed E-state index contributed by atoms with van der Waals surface area (Å²) in [4.78, 5) is 34.2. The van der Waals surface area contributed by atoms with Gasteiger partial charge in [-0.3, -0.25) is 14.5 Å². The molecule has 2 aromatic carbocycles. The first-order valence-corrected chi connectivity index (χ1v) is 15.7. The smallest absolute Gasteiger partial charge is 0.303 e. The first kappa shape index (κ1) is 29.2. The van der Waals surface area contributed by atoms with Crippen LogP contribution in [0.4, 0.5) is 5.69 Å². The van der Waals surface area contributed by atoms with Crippen molar-refractivity contribution in [2.45, 2.75) is 67.7 Å². The predicted molar refractivity (Wildman–Crippen MR) is 160 cm³/mol. The molecule has 1 aliphatic carbocycles. The Labute approximate surface area is 247 Å². The number of carbonyl (C=O) groups is 2. The number of amides is 1. The summed E-state index contributed by atoms with van der Waals surface area (Å²) >= 11 is 7.92. The Hall–Kier alpha value is -2.26. The largest absolute Gasteiger partial charge is 0.497 e. The molecule has 0 bridgehead atoms. The number of ether oxygens (including phenoxy) is 2. The van der Waals surface area contributed by atoms with Crippen molar-refractivity contribution < 1.29 is 19.1 Å². The minimum atomic E-state index is -0.957. The number of nitrogens with zero attached hydrogens (tertiary/aromatic N) is 3. The third-order valence-corrected chi connectivity index (χ3v) is 9.93. The zero-order valence-electron chi connectivity index (χ0n) is 23.5. The van der Waals surface area contributed by atoms with Gasteiger partial charge in [0.05, 0.1) is 18.0 Å². The lowest BCUT2D eigenvalue weighted by Gasteiger charge is -2.41. The standard InChI is InChI=1S/C31H40ClN3O4S/c1-22(36)39-29-30(23-9-12-26(38-2)13-10-23)40-28-21-24(32)11-14-27(28)35(31(29)37)16-6-15-33-17-19-34(20-18-33)25-7-4-3-5-8-25/h9-14,21,25,29-30H,3-8,15-20H2,1-2H3/t29-,30+/m1/s1. The number of hydrogen-bond donors (Lipinski definition) is 0. The molecule has 1 saturated heterocycles. The average molecular weight is 586 g/mol. The van der Waals surface area contributed by atoms with Crippen molar-refractivity contribution in [2.75, 3.05) is 51.3 Å². The monoisotopic (exact) mass is 585 g/mol. The van der Waals surface area contributed by atoms with Crippen molar-refractivity contribution in [1.29, 1.82) is 0 Å². The minimum Gasteiger partial charge on any atom is -0.497 e. The molecule has 0 aromatic heterocycles. The number of thioether (sulfide) groups is 1. The Morgan fingerprint density at radius 2 is 1.73 bits per heavy atom. The van der Waals surface area contributed by atoms with Gasteiger partial charge in [0.25, 0.3) is 5.91 Å². The number of esters is 1. The highest BCUT2D eigenvalue weighted by Crippen LogP contribution is 2.47. The predicted octanol–water partition coefficient (Wildman–Crippen LogP) is 5.80. The lowest BCUT2D eigenvalue weighted by Crippen LogP contribution is -2.51. The summed E-state index contributed by atoms with van der Waals surface area (Å²) in [5.41, 5.74) is 1.70. The summed E-state index contributed by atoms with van der Waals surface area (Å²) < 4.78 is 11.1. The Morgan fingerprint density at radius 1 is 1.00 bits per heavy atom. The summed E-state index contributed by atoms with van der Waals surface area (Å²) in [6.07, 6.45) is 6.70. The molecule has 0 radical (unpaired) electrons. The van der Waals surface area contributed by atoms with E-state index in [1.165, 1.54) is 50.8 Å². The first-order chi connectivity index (χ1) is 19.4. The zero-order chi connectivity index (χ0) is 28.1. The molecule has 0 spiro atoms. The fourth-order valence-corrected chi connectivity index (χ4v) is 7.81. The molecular weight excluding hydrogens is 546 g/mol. The minimum absolute atomic E-state index is 0.202. The molecule has 7 nitrogen and oxygen atoms in total. The molecule has 5 rings (SSSR count). The Bertz CT molecular complexity index is 1170. The van der Waals surface area contributed by atoms with E-state index in [2.05, 4.69) is 9.80 Å². The molecule has 1 amide bonds. The number of anilines is 1. The first-order valence-electron chi connectivity index (χ1n) is 14.5. The van der Waals surface area contributed by atoms with Gasteiger partial charge in [-0.1, -0.05) is 43.0 Å². The molecule has 2 atom stereocenters. The van der Waals surface area contributed by atoms with E-state index in [1.54, 1.807) is 12.0 Å². The summed E-state index contributed by atoms with van der Waals surface area (Å²) in [7, 11) is 1.62. The maximum Gasteiger partial charge on any atom is 0.303 e. The van der Waals surface area contributed by atoms with E-state index in [4.69, 9.17) is 21.1 Å². The third-order valence-electron chi connectivity index (χ3n) is 8.34. The molecule has 2 heterocycles. The van der Waals surface area contributed by atoms with E-state index in [-0.39, 0.29) is 5.91 Å². The van der Waals surface area contributed by atoms with Gasteiger partial charge in [0.2, 0.25) is 0 Å². The zero-order valence-corrected chi connectivity index (χ0v) is 25.1. The van der Waals surface area contributed by atoms with Crippen LogP contribution in [0.25, 0.3) is 0 Å². The van der Waals surface area contributed by atoms with Crippen LogP contribution in [0.15, 0.2) is 47.4 Å². The van der Waals surface area contributed by atoms with Crippen LogP contribution in [-0.4, -0.2) is 80.2 Å². The van der Waals surface area contributed by atoms with Gasteiger partial charge < -0.3 is 19.3 Å². The second kappa shape index (κ2) is 13.6. The van der Waals surface area contributed by atoms with E-state index < -0.39 is 17.3 Å². The highest BCUT2D eigenvalue weighted by molar-refractivity contribution is 7.99. The molecule has 3 aliphatic rings. The van der Waals surface area contributed by atoms with Gasteiger partial charge in [-0.25, -0.2) is 0 Å². The maximum absolute atomic E-state index is 14.1. The summed E-state index contributed by atoms with van der Waals surface area (Å²) in [5.74, 6) is 0.0475. The van der Waals surface area contributed by atoms with Gasteiger partial charge in [-0.2, -0.15) is 0 Å². The van der Waals surface area contributed by atoms with Crippen LogP contribution in [0.1, 0.15) is 56.3 Å². The quantitative estimate of drug-likeness (QED) is 0.363. The van der Waals surface area contributed by atoms with Crippen molar-refractivity contribution in [1.82, 2.24) is 9.80 Å². The number of rotatable bonds is 8. The van der Waals surface area contributed by atoms with E-state index in [0.29, 0.717) is 11.6 Å². The molecular formula is C31H40ClN3O4S. The van der Waals surface area contributed by atoms with Gasteiger partial charge in [0, 0.05) is 55.6 Å². The van der Waals surface area contributed by atoms with Crippen molar-refractivity contribution in [2.24, 2.45) is 0 Å². The van der Waals surface area contributed by atoms with Crippen LogP contribution >= 0.6 is 23.4 Å². The molecule has 40 heavy (non-hydrogen) atoms. The van der Waals surface area contributed by atoms with Crippen LogP contribution in [0.3, 0.4) is 0 Å². The normalized spacial score (nSPS) is 23.0. The van der Waals surface area contributed by atoms with Crippen molar-refractivity contribution in [3.05, 3.63) is 53.1 Å². The lowest BCUT2D eigenvalue weighted by molar-refractivity contribution is -0.152. The average Bonchev–Trinajstić information content (AvgIpc) is 3.08. The highest BCUT2D eigenvalue weighted by Gasteiger charge is 2.41. The molecule has 0 N–H and O–H groups in total. The van der Waals surface area contributed by atoms with Crippen LogP contribution in [0, 0.1) is 0 Å². The maximum atomic E-state index is 14.1. The molecule has 216 valence electrons. The third kappa shape index (κ3) is 6.96. The number of methoxy groups -OCH3 is 1. The fraction of sp³-hybridized carbons (Fsp3) is 0.548. The Balaban J connectivity index is 1.30. The number of halogens is 1. The van der Waals surface area contributed by atoms with E-state index in [9.17, 15) is 9.59 Å². The van der Waals surface area contributed by atoms with Crippen molar-refractivity contribution >= 4 is 40.9 Å². The number of hydrogen-bond acceptors (Lipinski definition) is 7. The summed E-state index contributed by atoms with van der Waals surface area (Å²) in [6, 6.07) is 14.0. The highest BCUT2D eigenvalue weighted by atomic mass is 35.5. The van der Waals surface area contributed by atoms with E-state index >= 15 is 0 Å². The van der Waals surface area contributed by atoms with E-state index in [1.807, 2.05) is 42.5 Å². The molecule has 0 unspecified atom stereocenters. The molecule has 2 fully saturated rings. The van der Waals surface area contributed by atoms with Gasteiger partial charge in [-0.15, -0.1) is 11.8 Å². The molecule has 1 saturated carbocycles. The number of fused-ring (bicyclic) bond motifs is 1. The SMILES string of the molecule is COc1ccc([C@@H]2Sc3cc(Cl)ccc3N(CCCN3CCN(C4CCCCC4)CC3)C(=O)[C@@H]2OC(C)=O)cc1. The second-order valence-corrected chi connectivity index (χ2v) is 12.6. The second-order valence-electron chi connectivity index (χ2n) is 11.0. The fourth-order valence-electron chi connectivity index (χ4n) is 6.21. The van der Waals surface area contributed by atoms with Gasteiger partial charge >= 0.3 is 5.97 Å².